The molecular formula is C7H7NO4. The summed E-state index contributed by atoms with van der Waals surface area (Å²) in [5.41, 5.74) is 0. The van der Waals surface area contributed by atoms with Gasteiger partial charge in [0.15, 0.2) is 0 Å². The number of rotatable bonds is 4. The molecule has 5 heteroatoms. The van der Waals surface area contributed by atoms with Crippen LogP contribution in [0, 0.1) is 0 Å². The molecule has 1 rings (SSSR count). The zero-order valence-electron chi connectivity index (χ0n) is 6.19. The number of aliphatic carboxylic acids is 1. The first-order valence-corrected chi connectivity index (χ1v) is 3.34. The van der Waals surface area contributed by atoms with Crippen LogP contribution in [-0.2, 0) is 4.79 Å². The SMILES string of the molecule is O=C(O)CCC(=O)c1ncco1. The molecular weight excluding hydrogens is 162 g/mol. The van der Waals surface area contributed by atoms with Crippen molar-refractivity contribution in [1.82, 2.24) is 4.98 Å². The maximum Gasteiger partial charge on any atom is 0.303 e. The molecule has 5 nitrogen and oxygen atoms in total. The summed E-state index contributed by atoms with van der Waals surface area (Å²) in [6, 6.07) is 0. The fourth-order valence-electron chi connectivity index (χ4n) is 0.689. The largest absolute Gasteiger partial charge is 0.481 e. The molecule has 1 aromatic rings. The Morgan fingerprint density at radius 3 is 2.75 bits per heavy atom. The minimum atomic E-state index is -1.00. The Balaban J connectivity index is 2.45. The predicted octanol–water partition coefficient (Wildman–Crippen LogP) is 0.722. The van der Waals surface area contributed by atoms with Crippen molar-refractivity contribution in [2.45, 2.75) is 12.8 Å². The summed E-state index contributed by atoms with van der Waals surface area (Å²) < 4.78 is 4.67. The van der Waals surface area contributed by atoms with Gasteiger partial charge in [-0.15, -0.1) is 0 Å². The number of carboxylic acids is 1. The van der Waals surface area contributed by atoms with Crippen molar-refractivity contribution in [3.05, 3.63) is 18.4 Å². The van der Waals surface area contributed by atoms with Gasteiger partial charge in [0.2, 0.25) is 5.78 Å². The molecule has 0 aliphatic carbocycles. The normalized spacial score (nSPS) is 9.67. The molecule has 1 N–H and O–H groups in total. The van der Waals surface area contributed by atoms with E-state index in [0.717, 1.165) is 0 Å². The minimum Gasteiger partial charge on any atom is -0.481 e. The molecule has 1 heterocycles. The van der Waals surface area contributed by atoms with Gasteiger partial charge in [-0.3, -0.25) is 9.59 Å². The molecule has 0 fully saturated rings. The van der Waals surface area contributed by atoms with E-state index in [1.807, 2.05) is 0 Å². The van der Waals surface area contributed by atoms with Gasteiger partial charge >= 0.3 is 5.97 Å². The van der Waals surface area contributed by atoms with Crippen LogP contribution in [0.5, 0.6) is 0 Å². The summed E-state index contributed by atoms with van der Waals surface area (Å²) in [5, 5.41) is 8.26. The van der Waals surface area contributed by atoms with Crippen molar-refractivity contribution in [1.29, 1.82) is 0 Å². The molecule has 0 saturated heterocycles. The number of carboxylic acid groups (broad SMARTS) is 1. The third kappa shape index (κ3) is 2.19. The van der Waals surface area contributed by atoms with E-state index in [1.54, 1.807) is 0 Å². The molecule has 64 valence electrons. The summed E-state index contributed by atoms with van der Waals surface area (Å²) >= 11 is 0. The lowest BCUT2D eigenvalue weighted by atomic mass is 10.2. The first-order valence-electron chi connectivity index (χ1n) is 3.34. The molecule has 0 spiro atoms. The van der Waals surface area contributed by atoms with Gasteiger partial charge < -0.3 is 9.52 Å². The van der Waals surface area contributed by atoms with Crippen LogP contribution in [0.1, 0.15) is 23.5 Å². The fourth-order valence-corrected chi connectivity index (χ4v) is 0.689. The van der Waals surface area contributed by atoms with Crippen LogP contribution in [0.25, 0.3) is 0 Å². The highest BCUT2D eigenvalue weighted by Gasteiger charge is 2.11. The van der Waals surface area contributed by atoms with E-state index in [2.05, 4.69) is 9.40 Å². The summed E-state index contributed by atoms with van der Waals surface area (Å²) in [6.45, 7) is 0. The molecule has 0 atom stereocenters. The van der Waals surface area contributed by atoms with Crippen molar-refractivity contribution in [2.75, 3.05) is 0 Å². The predicted molar refractivity (Wildman–Crippen MR) is 37.7 cm³/mol. The van der Waals surface area contributed by atoms with Gasteiger partial charge in [-0.1, -0.05) is 0 Å². The molecule has 12 heavy (non-hydrogen) atoms. The number of hydrogen-bond donors (Lipinski definition) is 1. The van der Waals surface area contributed by atoms with E-state index in [4.69, 9.17) is 5.11 Å². The lowest BCUT2D eigenvalue weighted by molar-refractivity contribution is -0.136. The van der Waals surface area contributed by atoms with E-state index < -0.39 is 5.97 Å². The van der Waals surface area contributed by atoms with Crippen LogP contribution < -0.4 is 0 Å². The summed E-state index contributed by atoms with van der Waals surface area (Å²) in [4.78, 5) is 24.6. The number of ketones is 1. The Kier molecular flexibility index (Phi) is 2.57. The van der Waals surface area contributed by atoms with E-state index in [1.165, 1.54) is 12.5 Å². The Bertz CT molecular complexity index is 278. The third-order valence-electron chi connectivity index (χ3n) is 1.24. The molecule has 0 aromatic carbocycles. The minimum absolute atomic E-state index is 0.0312. The zero-order chi connectivity index (χ0) is 8.97. The van der Waals surface area contributed by atoms with Gasteiger partial charge in [0.25, 0.3) is 5.89 Å². The molecule has 0 saturated carbocycles. The van der Waals surface area contributed by atoms with Crippen LogP contribution in [0.15, 0.2) is 16.9 Å². The van der Waals surface area contributed by atoms with Gasteiger partial charge in [-0.25, -0.2) is 4.98 Å². The fraction of sp³-hybridized carbons (Fsp3) is 0.286. The van der Waals surface area contributed by atoms with E-state index >= 15 is 0 Å². The Labute approximate surface area is 68.0 Å². The second-order valence-corrected chi connectivity index (χ2v) is 2.15. The van der Waals surface area contributed by atoms with Crippen LogP contribution >= 0.6 is 0 Å². The van der Waals surface area contributed by atoms with Gasteiger partial charge in [-0.05, 0) is 0 Å². The smallest absolute Gasteiger partial charge is 0.303 e. The van der Waals surface area contributed by atoms with Crippen molar-refractivity contribution >= 4 is 11.8 Å². The van der Waals surface area contributed by atoms with E-state index in [0.29, 0.717) is 0 Å². The maximum atomic E-state index is 11.0. The van der Waals surface area contributed by atoms with Crippen LogP contribution in [0.4, 0.5) is 0 Å². The second-order valence-electron chi connectivity index (χ2n) is 2.15. The van der Waals surface area contributed by atoms with Crippen molar-refractivity contribution in [3.8, 4) is 0 Å². The van der Waals surface area contributed by atoms with Crippen molar-refractivity contribution < 1.29 is 19.1 Å². The molecule has 0 aliphatic heterocycles. The van der Waals surface area contributed by atoms with E-state index in [-0.39, 0.29) is 24.5 Å². The summed E-state index contributed by atoms with van der Waals surface area (Å²) in [5.74, 6) is -1.42. The molecule has 0 unspecified atom stereocenters. The Hall–Kier alpha value is -1.65. The monoisotopic (exact) mass is 169 g/mol. The quantitative estimate of drug-likeness (QED) is 0.671. The van der Waals surface area contributed by atoms with Crippen LogP contribution in [0.2, 0.25) is 0 Å². The second kappa shape index (κ2) is 3.66. The highest BCUT2D eigenvalue weighted by Crippen LogP contribution is 2.01. The number of oxazole rings is 1. The summed E-state index contributed by atoms with van der Waals surface area (Å²) in [6.07, 6.45) is 2.35. The topological polar surface area (TPSA) is 80.4 Å². The van der Waals surface area contributed by atoms with E-state index in [9.17, 15) is 9.59 Å². The molecule has 0 amide bonds. The number of carbonyl (C=O) groups is 2. The molecule has 0 aliphatic rings. The lowest BCUT2D eigenvalue weighted by Crippen LogP contribution is -2.03. The standard InChI is InChI=1S/C7H7NO4/c9-5(1-2-6(10)11)7-8-3-4-12-7/h3-4H,1-2H2,(H,10,11). The average molecular weight is 169 g/mol. The molecule has 1 aromatic heterocycles. The third-order valence-corrected chi connectivity index (χ3v) is 1.24. The van der Waals surface area contributed by atoms with Crippen molar-refractivity contribution in [3.63, 3.8) is 0 Å². The number of nitrogens with zero attached hydrogens (tertiary/aromatic N) is 1. The number of hydrogen-bond acceptors (Lipinski definition) is 4. The number of aromatic nitrogens is 1. The average Bonchev–Trinajstić information content (AvgIpc) is 2.51. The maximum absolute atomic E-state index is 11.0. The van der Waals surface area contributed by atoms with Gasteiger partial charge in [0, 0.05) is 6.42 Å². The highest BCUT2D eigenvalue weighted by atomic mass is 16.4. The number of carbonyl (C=O) groups excluding carboxylic acids is 1. The van der Waals surface area contributed by atoms with Crippen LogP contribution in [-0.4, -0.2) is 21.8 Å². The highest BCUT2D eigenvalue weighted by molar-refractivity contribution is 5.93. The molecule has 0 bridgehead atoms. The van der Waals surface area contributed by atoms with Gasteiger partial charge in [0.05, 0.1) is 12.6 Å². The van der Waals surface area contributed by atoms with Gasteiger partial charge in [0.1, 0.15) is 6.26 Å². The Morgan fingerprint density at radius 1 is 1.50 bits per heavy atom. The van der Waals surface area contributed by atoms with Crippen molar-refractivity contribution in [2.24, 2.45) is 0 Å². The first-order chi connectivity index (χ1) is 5.70. The zero-order valence-corrected chi connectivity index (χ0v) is 6.19. The van der Waals surface area contributed by atoms with Crippen LogP contribution in [0.3, 0.4) is 0 Å². The summed E-state index contributed by atoms with van der Waals surface area (Å²) in [7, 11) is 0. The Morgan fingerprint density at radius 2 is 2.25 bits per heavy atom. The molecule has 0 radical (unpaired) electrons. The number of Topliss-reactive ketones (excluding diaryl/α,β-unsaturated/α-hetero) is 1. The van der Waals surface area contributed by atoms with Gasteiger partial charge in [-0.2, -0.15) is 0 Å². The lowest BCUT2D eigenvalue weighted by Gasteiger charge is -1.90. The first kappa shape index (κ1) is 8.45.